The van der Waals surface area contributed by atoms with Crippen LogP contribution in [0.25, 0.3) is 21.5 Å². The molecule has 0 saturated heterocycles. The Hall–Kier alpha value is -2.70. The number of aryl methyl sites for hydroxylation is 1. The topological polar surface area (TPSA) is 55.1 Å². The molecule has 29 heavy (non-hydrogen) atoms. The number of aromatic nitrogens is 2. The van der Waals surface area contributed by atoms with E-state index in [2.05, 4.69) is 38.5 Å². The number of hydrogen-bond donors (Lipinski definition) is 1. The highest BCUT2D eigenvalue weighted by molar-refractivity contribution is 9.10. The number of aliphatic hydroxyl groups excluding tert-OH is 1. The summed E-state index contributed by atoms with van der Waals surface area (Å²) < 4.78 is 3.00. The smallest absolute Gasteiger partial charge is 0.281 e. The molecule has 2 aromatic heterocycles. The Kier molecular flexibility index (Phi) is 4.41. The van der Waals surface area contributed by atoms with Crippen LogP contribution in [0.15, 0.2) is 63.9 Å². The van der Waals surface area contributed by atoms with Crippen molar-refractivity contribution in [1.82, 2.24) is 9.55 Å². The highest BCUT2D eigenvalue weighted by Crippen LogP contribution is 2.38. The summed E-state index contributed by atoms with van der Waals surface area (Å²) in [6, 6.07) is 17.4. The highest BCUT2D eigenvalue weighted by Gasteiger charge is 2.27. The molecule has 5 rings (SSSR count). The van der Waals surface area contributed by atoms with Crippen LogP contribution in [0.1, 0.15) is 34.3 Å². The lowest BCUT2D eigenvalue weighted by molar-refractivity contribution is 0.512. The Morgan fingerprint density at radius 1 is 1.21 bits per heavy atom. The number of thiophene rings is 1. The summed E-state index contributed by atoms with van der Waals surface area (Å²) in [5.41, 5.74) is 3.03. The van der Waals surface area contributed by atoms with E-state index in [1.807, 2.05) is 48.5 Å². The van der Waals surface area contributed by atoms with Gasteiger partial charge in [0.1, 0.15) is 16.4 Å². The number of fused-ring (bicyclic) bond motifs is 4. The van der Waals surface area contributed by atoms with Crippen LogP contribution >= 0.6 is 27.3 Å². The van der Waals surface area contributed by atoms with Crippen molar-refractivity contribution in [2.75, 3.05) is 0 Å². The molecule has 0 aliphatic carbocycles. The maximum absolute atomic E-state index is 12.8. The number of halogens is 1. The number of hydrogen-bond acceptors (Lipinski definition) is 4. The van der Waals surface area contributed by atoms with Crippen LogP contribution in [0.2, 0.25) is 0 Å². The Morgan fingerprint density at radius 2 is 1.97 bits per heavy atom. The fraction of sp³-hybridized carbons (Fsp3) is 0.130. The van der Waals surface area contributed by atoms with Crippen LogP contribution < -0.4 is 5.56 Å². The maximum Gasteiger partial charge on any atom is 0.281 e. The third-order valence-corrected chi connectivity index (χ3v) is 7.07. The second-order valence-electron chi connectivity index (χ2n) is 7.00. The van der Waals surface area contributed by atoms with Crippen LogP contribution in [0, 0.1) is 0 Å². The zero-order chi connectivity index (χ0) is 20.1. The number of rotatable bonds is 2. The van der Waals surface area contributed by atoms with Crippen molar-refractivity contribution >= 4 is 48.8 Å². The molecule has 2 aromatic carbocycles. The van der Waals surface area contributed by atoms with Gasteiger partial charge >= 0.3 is 0 Å². The Labute approximate surface area is 179 Å². The van der Waals surface area contributed by atoms with Crippen LogP contribution in [0.5, 0.6) is 0 Å². The van der Waals surface area contributed by atoms with E-state index < -0.39 is 0 Å². The fourth-order valence-electron chi connectivity index (χ4n) is 3.79. The predicted molar refractivity (Wildman–Crippen MR) is 121 cm³/mol. The highest BCUT2D eigenvalue weighted by atomic mass is 79.9. The normalized spacial score (nSPS) is 14.6. The summed E-state index contributed by atoms with van der Waals surface area (Å²) in [6.45, 7) is 2.70. The van der Waals surface area contributed by atoms with Crippen molar-refractivity contribution in [1.29, 1.82) is 0 Å². The molecule has 0 unspecified atom stereocenters. The lowest BCUT2D eigenvalue weighted by atomic mass is 9.92. The van der Waals surface area contributed by atoms with Gasteiger partial charge in [0.15, 0.2) is 0 Å². The van der Waals surface area contributed by atoms with E-state index in [4.69, 9.17) is 0 Å². The van der Waals surface area contributed by atoms with E-state index in [1.165, 1.54) is 0 Å². The third kappa shape index (κ3) is 2.94. The molecule has 1 N–H and O–H groups in total. The predicted octanol–water partition coefficient (Wildman–Crippen LogP) is 5.62. The summed E-state index contributed by atoms with van der Waals surface area (Å²) >= 11 is 5.06. The van der Waals surface area contributed by atoms with Gasteiger partial charge in [-0.25, -0.2) is 0 Å². The minimum absolute atomic E-state index is 0.122. The zero-order valence-electron chi connectivity index (χ0n) is 15.6. The van der Waals surface area contributed by atoms with Crippen LogP contribution in [-0.2, 0) is 13.0 Å². The van der Waals surface area contributed by atoms with Gasteiger partial charge in [0.05, 0.1) is 17.5 Å². The second kappa shape index (κ2) is 6.97. The van der Waals surface area contributed by atoms with Crippen molar-refractivity contribution in [3.05, 3.63) is 96.8 Å². The van der Waals surface area contributed by atoms with Crippen molar-refractivity contribution in [2.45, 2.75) is 19.9 Å². The number of aliphatic hydroxyl groups is 1. The zero-order valence-corrected chi connectivity index (χ0v) is 18.0. The molecule has 0 saturated carbocycles. The third-order valence-electron chi connectivity index (χ3n) is 5.24. The molecule has 0 spiro atoms. The lowest BCUT2D eigenvalue weighted by Crippen LogP contribution is -2.23. The van der Waals surface area contributed by atoms with Gasteiger partial charge in [-0.2, -0.15) is 4.98 Å². The van der Waals surface area contributed by atoms with Gasteiger partial charge in [-0.15, -0.1) is 11.3 Å². The molecular formula is C23H17BrN2O2S. The fourth-order valence-corrected chi connectivity index (χ4v) is 5.14. The first-order valence-electron chi connectivity index (χ1n) is 9.38. The summed E-state index contributed by atoms with van der Waals surface area (Å²) in [6.07, 6.45) is 0.873. The van der Waals surface area contributed by atoms with E-state index in [0.29, 0.717) is 28.9 Å². The summed E-state index contributed by atoms with van der Waals surface area (Å²) in [4.78, 5) is 19.3. The van der Waals surface area contributed by atoms with Crippen LogP contribution in [-0.4, -0.2) is 14.7 Å². The van der Waals surface area contributed by atoms with E-state index in [-0.39, 0.29) is 11.3 Å². The number of nitrogens with zero attached hydrogens (tertiary/aromatic N) is 2. The SMILES string of the molecule is CCc1cc2c(=O)nc3n(c2s1)Cc1ccccc1/C3=C(/O)c1ccc(Br)cc1. The lowest BCUT2D eigenvalue weighted by Gasteiger charge is -2.25. The molecule has 0 amide bonds. The monoisotopic (exact) mass is 464 g/mol. The maximum atomic E-state index is 12.8. The van der Waals surface area contributed by atoms with E-state index in [0.717, 1.165) is 31.7 Å². The Balaban J connectivity index is 1.87. The van der Waals surface area contributed by atoms with Gasteiger partial charge in [0.2, 0.25) is 0 Å². The molecule has 0 fully saturated rings. The molecule has 4 nitrogen and oxygen atoms in total. The van der Waals surface area contributed by atoms with Gasteiger partial charge in [0.25, 0.3) is 5.56 Å². The Bertz CT molecular complexity index is 1350. The first kappa shape index (κ1) is 18.3. The van der Waals surface area contributed by atoms with Crippen molar-refractivity contribution in [3.63, 3.8) is 0 Å². The molecule has 1 aliphatic heterocycles. The van der Waals surface area contributed by atoms with Crippen LogP contribution in [0.3, 0.4) is 0 Å². The molecule has 6 heteroatoms. The summed E-state index contributed by atoms with van der Waals surface area (Å²) in [5.74, 6) is 0.642. The standard InChI is InChI=1S/C23H17BrN2O2S/c1-2-16-11-18-22(28)25-21-19(20(27)13-7-9-15(24)10-8-13)17-6-4-3-5-14(17)12-26(21)23(18)29-16/h3-11,27H,2,12H2,1H3/b20-19-. The molecule has 0 bridgehead atoms. The van der Waals surface area contributed by atoms with Crippen molar-refractivity contribution in [2.24, 2.45) is 0 Å². The molecular weight excluding hydrogens is 448 g/mol. The van der Waals surface area contributed by atoms with Gasteiger partial charge in [-0.3, -0.25) is 4.79 Å². The minimum Gasteiger partial charge on any atom is -0.507 e. The summed E-state index contributed by atoms with van der Waals surface area (Å²) in [5, 5.41) is 11.9. The van der Waals surface area contributed by atoms with Gasteiger partial charge in [0, 0.05) is 14.9 Å². The first-order chi connectivity index (χ1) is 14.1. The minimum atomic E-state index is -0.248. The average Bonchev–Trinajstić information content (AvgIpc) is 3.18. The molecule has 0 atom stereocenters. The number of benzene rings is 2. The van der Waals surface area contributed by atoms with Gasteiger partial charge in [-0.05, 0) is 35.7 Å². The van der Waals surface area contributed by atoms with Gasteiger partial charge in [-0.1, -0.05) is 59.3 Å². The van der Waals surface area contributed by atoms with Crippen molar-refractivity contribution in [3.8, 4) is 0 Å². The van der Waals surface area contributed by atoms with Crippen molar-refractivity contribution < 1.29 is 5.11 Å². The quantitative estimate of drug-likeness (QED) is 0.345. The van der Waals surface area contributed by atoms with E-state index in [1.54, 1.807) is 11.3 Å². The largest absolute Gasteiger partial charge is 0.507 e. The van der Waals surface area contributed by atoms with E-state index >= 15 is 0 Å². The molecule has 144 valence electrons. The first-order valence-corrected chi connectivity index (χ1v) is 11.0. The molecule has 0 radical (unpaired) electrons. The Morgan fingerprint density at radius 3 is 2.72 bits per heavy atom. The van der Waals surface area contributed by atoms with E-state index in [9.17, 15) is 9.90 Å². The van der Waals surface area contributed by atoms with Gasteiger partial charge < -0.3 is 9.67 Å². The molecule has 1 aliphatic rings. The molecule has 3 heterocycles. The molecule has 4 aromatic rings. The summed E-state index contributed by atoms with van der Waals surface area (Å²) in [7, 11) is 0. The average molecular weight is 465 g/mol. The van der Waals surface area contributed by atoms with Crippen LogP contribution in [0.4, 0.5) is 0 Å². The second-order valence-corrected chi connectivity index (χ2v) is 9.03.